The number of nitrogens with zero attached hydrogens (tertiary/aromatic N) is 1. The van der Waals surface area contributed by atoms with Crippen molar-refractivity contribution in [2.24, 2.45) is 11.8 Å². The molecule has 0 aliphatic carbocycles. The average molecular weight is 285 g/mol. The summed E-state index contributed by atoms with van der Waals surface area (Å²) in [7, 11) is 0. The third-order valence-corrected chi connectivity index (χ3v) is 3.68. The molecule has 0 spiro atoms. The van der Waals surface area contributed by atoms with Crippen LogP contribution in [0.2, 0.25) is 0 Å². The first-order chi connectivity index (χ1) is 9.42. The minimum atomic E-state index is -0.980. The molecule has 0 saturated carbocycles. The summed E-state index contributed by atoms with van der Waals surface area (Å²) in [6.07, 6.45) is 1.53. The van der Waals surface area contributed by atoms with Crippen molar-refractivity contribution in [1.82, 2.24) is 15.5 Å². The predicted octanol–water partition coefficient (Wildman–Crippen LogP) is 1.13. The molecule has 0 bridgehead atoms. The van der Waals surface area contributed by atoms with Gasteiger partial charge in [-0.2, -0.15) is 0 Å². The number of hydrogen-bond donors (Lipinski definition) is 3. The first-order valence-corrected chi connectivity index (χ1v) is 7.41. The van der Waals surface area contributed by atoms with E-state index in [1.54, 1.807) is 0 Å². The number of rotatable bonds is 7. The van der Waals surface area contributed by atoms with Crippen molar-refractivity contribution in [2.45, 2.75) is 39.7 Å². The molecule has 6 heteroatoms. The van der Waals surface area contributed by atoms with E-state index in [4.69, 9.17) is 5.11 Å². The maximum Gasteiger partial charge on any atom is 0.326 e. The molecule has 1 saturated heterocycles. The molecule has 1 aliphatic heterocycles. The number of hydrogen-bond acceptors (Lipinski definition) is 3. The van der Waals surface area contributed by atoms with E-state index in [0.717, 1.165) is 26.1 Å². The molecule has 20 heavy (non-hydrogen) atoms. The highest BCUT2D eigenvalue weighted by Crippen LogP contribution is 2.14. The van der Waals surface area contributed by atoms with Gasteiger partial charge in [0.05, 0.1) is 0 Å². The Bertz CT molecular complexity index is 334. The van der Waals surface area contributed by atoms with E-state index in [-0.39, 0.29) is 11.9 Å². The fourth-order valence-corrected chi connectivity index (χ4v) is 2.51. The third-order valence-electron chi connectivity index (χ3n) is 3.68. The number of urea groups is 1. The zero-order valence-electron chi connectivity index (χ0n) is 12.7. The smallest absolute Gasteiger partial charge is 0.326 e. The molecule has 6 nitrogen and oxygen atoms in total. The number of likely N-dealkylation sites (tertiary alicyclic amines) is 1. The Hall–Kier alpha value is -1.30. The summed E-state index contributed by atoms with van der Waals surface area (Å²) >= 11 is 0. The second-order valence-electron chi connectivity index (χ2n) is 5.92. The zero-order valence-corrected chi connectivity index (χ0v) is 12.7. The Morgan fingerprint density at radius 1 is 1.40 bits per heavy atom. The van der Waals surface area contributed by atoms with Crippen molar-refractivity contribution in [2.75, 3.05) is 26.2 Å². The molecule has 0 aromatic heterocycles. The van der Waals surface area contributed by atoms with Crippen LogP contribution in [0.3, 0.4) is 0 Å². The van der Waals surface area contributed by atoms with E-state index in [1.807, 2.05) is 13.8 Å². The molecular formula is C14H27N3O3. The molecule has 1 unspecified atom stereocenters. The molecule has 1 heterocycles. The van der Waals surface area contributed by atoms with Crippen LogP contribution >= 0.6 is 0 Å². The lowest BCUT2D eigenvalue weighted by atomic mass is 10.0. The molecule has 1 aliphatic rings. The van der Waals surface area contributed by atoms with Crippen molar-refractivity contribution >= 4 is 12.0 Å². The van der Waals surface area contributed by atoms with Crippen LogP contribution in [0.4, 0.5) is 4.79 Å². The van der Waals surface area contributed by atoms with E-state index in [2.05, 4.69) is 22.5 Å². The highest BCUT2D eigenvalue weighted by molar-refractivity contribution is 5.82. The minimum Gasteiger partial charge on any atom is -0.480 e. The van der Waals surface area contributed by atoms with Crippen LogP contribution in [0, 0.1) is 11.8 Å². The van der Waals surface area contributed by atoms with E-state index < -0.39 is 12.0 Å². The summed E-state index contributed by atoms with van der Waals surface area (Å²) in [5.41, 5.74) is 0. The van der Waals surface area contributed by atoms with E-state index in [0.29, 0.717) is 18.9 Å². The lowest BCUT2D eigenvalue weighted by molar-refractivity contribution is -0.139. The maximum absolute atomic E-state index is 11.7. The van der Waals surface area contributed by atoms with Crippen LogP contribution < -0.4 is 10.6 Å². The molecule has 1 fully saturated rings. The molecule has 0 aromatic rings. The maximum atomic E-state index is 11.7. The van der Waals surface area contributed by atoms with E-state index in [9.17, 15) is 9.59 Å². The molecule has 1 rings (SSSR count). The average Bonchev–Trinajstić information content (AvgIpc) is 2.83. The number of carbonyl (C=O) groups excluding carboxylic acids is 1. The van der Waals surface area contributed by atoms with Crippen molar-refractivity contribution in [3.05, 3.63) is 0 Å². The predicted molar refractivity (Wildman–Crippen MR) is 77.6 cm³/mol. The fourth-order valence-electron chi connectivity index (χ4n) is 2.51. The second kappa shape index (κ2) is 8.09. The summed E-state index contributed by atoms with van der Waals surface area (Å²) in [6.45, 7) is 9.74. The van der Waals surface area contributed by atoms with Crippen LogP contribution in [-0.4, -0.2) is 54.2 Å². The first-order valence-electron chi connectivity index (χ1n) is 7.41. The third kappa shape index (κ3) is 5.77. The van der Waals surface area contributed by atoms with Crippen LogP contribution in [0.5, 0.6) is 0 Å². The van der Waals surface area contributed by atoms with Gasteiger partial charge >= 0.3 is 12.0 Å². The molecule has 2 atom stereocenters. The normalized spacial score (nSPS) is 20.9. The Morgan fingerprint density at radius 2 is 2.10 bits per heavy atom. The van der Waals surface area contributed by atoms with Gasteiger partial charge in [0.25, 0.3) is 0 Å². The quantitative estimate of drug-likeness (QED) is 0.655. The lowest BCUT2D eigenvalue weighted by Gasteiger charge is -2.18. The lowest BCUT2D eigenvalue weighted by Crippen LogP contribution is -2.47. The van der Waals surface area contributed by atoms with Crippen molar-refractivity contribution in [3.63, 3.8) is 0 Å². The minimum absolute atomic E-state index is 0.226. The SMILES string of the molecule is CCN1CCC(CNC(=O)N[C@H](CC(C)C)C(=O)O)C1. The number of carboxylic acids is 1. The highest BCUT2D eigenvalue weighted by atomic mass is 16.4. The Morgan fingerprint density at radius 3 is 2.60 bits per heavy atom. The molecule has 3 N–H and O–H groups in total. The van der Waals surface area contributed by atoms with E-state index in [1.165, 1.54) is 0 Å². The summed E-state index contributed by atoms with van der Waals surface area (Å²) in [6, 6.07) is -1.20. The van der Waals surface area contributed by atoms with Crippen LogP contribution in [0.15, 0.2) is 0 Å². The standard InChI is InChI=1S/C14H27N3O3/c1-4-17-6-5-11(9-17)8-15-14(20)16-12(13(18)19)7-10(2)3/h10-12H,4-9H2,1-3H3,(H,18,19)(H2,15,16,20)/t11?,12-/m1/s1. The molecular weight excluding hydrogens is 258 g/mol. The van der Waals surface area contributed by atoms with Gasteiger partial charge in [0.15, 0.2) is 0 Å². The second-order valence-corrected chi connectivity index (χ2v) is 5.92. The van der Waals surface area contributed by atoms with E-state index >= 15 is 0 Å². The first kappa shape index (κ1) is 16.8. The van der Waals surface area contributed by atoms with Gasteiger partial charge in [0, 0.05) is 13.1 Å². The van der Waals surface area contributed by atoms with Gasteiger partial charge < -0.3 is 20.6 Å². The Kier molecular flexibility index (Phi) is 6.78. The number of amides is 2. The van der Waals surface area contributed by atoms with Gasteiger partial charge in [0.1, 0.15) is 6.04 Å². The Labute approximate surface area is 120 Å². The molecule has 0 aromatic carbocycles. The van der Waals surface area contributed by atoms with Crippen molar-refractivity contribution < 1.29 is 14.7 Å². The van der Waals surface area contributed by atoms with Gasteiger partial charge in [0.2, 0.25) is 0 Å². The van der Waals surface area contributed by atoms with Crippen LogP contribution in [-0.2, 0) is 4.79 Å². The van der Waals surface area contributed by atoms with Gasteiger partial charge in [-0.3, -0.25) is 0 Å². The Balaban J connectivity index is 2.29. The molecule has 0 radical (unpaired) electrons. The fraction of sp³-hybridized carbons (Fsp3) is 0.857. The van der Waals surface area contributed by atoms with Gasteiger partial charge in [-0.1, -0.05) is 20.8 Å². The van der Waals surface area contributed by atoms with Crippen molar-refractivity contribution in [3.8, 4) is 0 Å². The number of nitrogens with one attached hydrogen (secondary N) is 2. The number of carboxylic acid groups (broad SMARTS) is 1. The van der Waals surface area contributed by atoms with Crippen LogP contribution in [0.25, 0.3) is 0 Å². The topological polar surface area (TPSA) is 81.7 Å². The summed E-state index contributed by atoms with van der Waals surface area (Å²) in [4.78, 5) is 25.2. The van der Waals surface area contributed by atoms with Crippen LogP contribution in [0.1, 0.15) is 33.6 Å². The van der Waals surface area contributed by atoms with Gasteiger partial charge in [-0.15, -0.1) is 0 Å². The highest BCUT2D eigenvalue weighted by Gasteiger charge is 2.23. The zero-order chi connectivity index (χ0) is 15.1. The van der Waals surface area contributed by atoms with Gasteiger partial charge in [-0.25, -0.2) is 9.59 Å². The summed E-state index contributed by atoms with van der Waals surface area (Å²) in [5.74, 6) is -0.287. The summed E-state index contributed by atoms with van der Waals surface area (Å²) < 4.78 is 0. The molecule has 2 amide bonds. The summed E-state index contributed by atoms with van der Waals surface area (Å²) in [5, 5.41) is 14.4. The van der Waals surface area contributed by atoms with Crippen molar-refractivity contribution in [1.29, 1.82) is 0 Å². The number of aliphatic carboxylic acids is 1. The monoisotopic (exact) mass is 285 g/mol. The largest absolute Gasteiger partial charge is 0.480 e. The van der Waals surface area contributed by atoms with Gasteiger partial charge in [-0.05, 0) is 37.8 Å². The number of carbonyl (C=O) groups is 2. The molecule has 116 valence electrons.